The van der Waals surface area contributed by atoms with Crippen molar-refractivity contribution in [3.63, 3.8) is 0 Å². The number of aromatic nitrogens is 2. The van der Waals surface area contributed by atoms with E-state index in [0.29, 0.717) is 17.4 Å². The molecule has 1 amide bonds. The van der Waals surface area contributed by atoms with Crippen LogP contribution < -0.4 is 10.6 Å². The quantitative estimate of drug-likeness (QED) is 0.758. The van der Waals surface area contributed by atoms with Crippen LogP contribution in [0.3, 0.4) is 0 Å². The number of benzene rings is 1. The number of anilines is 1. The molecule has 0 bridgehead atoms. The van der Waals surface area contributed by atoms with Crippen molar-refractivity contribution in [2.24, 2.45) is 0 Å². The van der Waals surface area contributed by atoms with Crippen molar-refractivity contribution in [1.82, 2.24) is 15.1 Å². The lowest BCUT2D eigenvalue weighted by molar-refractivity contribution is 0.102. The molecular formula is C16H20N4O2. The third-order valence-electron chi connectivity index (χ3n) is 3.89. The first-order chi connectivity index (χ1) is 10.6. The molecule has 0 radical (unpaired) electrons. The van der Waals surface area contributed by atoms with Crippen LogP contribution in [0.5, 0.6) is 5.75 Å². The summed E-state index contributed by atoms with van der Waals surface area (Å²) < 4.78 is 1.84. The van der Waals surface area contributed by atoms with Gasteiger partial charge in [-0.1, -0.05) is 6.07 Å². The summed E-state index contributed by atoms with van der Waals surface area (Å²) in [6.45, 7) is 3.80. The first-order valence-electron chi connectivity index (χ1n) is 7.50. The summed E-state index contributed by atoms with van der Waals surface area (Å²) >= 11 is 0. The van der Waals surface area contributed by atoms with Crippen molar-refractivity contribution >= 4 is 11.6 Å². The summed E-state index contributed by atoms with van der Waals surface area (Å²) in [5, 5.41) is 20.2. The average molecular weight is 300 g/mol. The zero-order valence-corrected chi connectivity index (χ0v) is 12.5. The van der Waals surface area contributed by atoms with Gasteiger partial charge in [0.05, 0.1) is 11.7 Å². The molecule has 1 unspecified atom stereocenters. The second-order valence-corrected chi connectivity index (χ2v) is 5.66. The molecule has 3 N–H and O–H groups in total. The van der Waals surface area contributed by atoms with Gasteiger partial charge in [-0.2, -0.15) is 5.10 Å². The van der Waals surface area contributed by atoms with Gasteiger partial charge in [0.1, 0.15) is 5.75 Å². The largest absolute Gasteiger partial charge is 0.506 e. The van der Waals surface area contributed by atoms with E-state index in [-0.39, 0.29) is 11.7 Å². The highest BCUT2D eigenvalue weighted by atomic mass is 16.3. The van der Waals surface area contributed by atoms with Crippen molar-refractivity contribution in [2.75, 3.05) is 18.4 Å². The van der Waals surface area contributed by atoms with E-state index in [9.17, 15) is 9.90 Å². The van der Waals surface area contributed by atoms with Crippen LogP contribution in [0.15, 0.2) is 30.5 Å². The van der Waals surface area contributed by atoms with E-state index in [2.05, 4.69) is 15.7 Å². The number of nitrogens with zero attached hydrogens (tertiary/aromatic N) is 2. The Morgan fingerprint density at radius 2 is 2.32 bits per heavy atom. The smallest absolute Gasteiger partial charge is 0.276 e. The number of phenolic OH excluding ortho intramolecular Hbond substituents is 1. The number of amides is 1. The van der Waals surface area contributed by atoms with E-state index in [4.69, 9.17) is 0 Å². The number of carbonyl (C=O) groups is 1. The topological polar surface area (TPSA) is 79.2 Å². The van der Waals surface area contributed by atoms with Crippen LogP contribution in [-0.2, 0) is 0 Å². The van der Waals surface area contributed by atoms with E-state index in [1.165, 1.54) is 0 Å². The zero-order valence-electron chi connectivity index (χ0n) is 12.5. The summed E-state index contributed by atoms with van der Waals surface area (Å²) in [4.78, 5) is 12.2. The number of nitrogens with one attached hydrogen (secondary N) is 2. The molecule has 0 aliphatic carbocycles. The Hall–Kier alpha value is -2.34. The summed E-state index contributed by atoms with van der Waals surface area (Å²) in [6, 6.07) is 7.13. The number of hydrogen-bond donors (Lipinski definition) is 3. The van der Waals surface area contributed by atoms with E-state index >= 15 is 0 Å². The second-order valence-electron chi connectivity index (χ2n) is 5.66. The van der Waals surface area contributed by atoms with Gasteiger partial charge in [0.25, 0.3) is 5.91 Å². The zero-order chi connectivity index (χ0) is 15.5. The molecule has 1 aliphatic rings. The summed E-state index contributed by atoms with van der Waals surface area (Å²) in [5.41, 5.74) is 1.68. The number of carbonyl (C=O) groups excluding carboxylic acids is 1. The lowest BCUT2D eigenvalue weighted by Crippen LogP contribution is -2.32. The van der Waals surface area contributed by atoms with Crippen molar-refractivity contribution in [3.8, 4) is 5.75 Å². The number of piperidine rings is 1. The minimum absolute atomic E-state index is 0.0595. The molecule has 0 spiro atoms. The number of aromatic hydroxyl groups is 1. The Bertz CT molecular complexity index is 675. The van der Waals surface area contributed by atoms with Crippen molar-refractivity contribution in [1.29, 1.82) is 0 Å². The lowest BCUT2D eigenvalue weighted by atomic mass is 10.1. The van der Waals surface area contributed by atoms with Gasteiger partial charge in [-0.25, -0.2) is 0 Å². The van der Waals surface area contributed by atoms with E-state index < -0.39 is 0 Å². The molecule has 2 heterocycles. The molecule has 1 aliphatic heterocycles. The van der Waals surface area contributed by atoms with Gasteiger partial charge < -0.3 is 15.7 Å². The fourth-order valence-electron chi connectivity index (χ4n) is 2.66. The molecule has 22 heavy (non-hydrogen) atoms. The predicted molar refractivity (Wildman–Crippen MR) is 84.2 cm³/mol. The molecule has 1 atom stereocenters. The first kappa shape index (κ1) is 14.6. The number of phenols is 1. The fraction of sp³-hybridized carbons (Fsp3) is 0.375. The number of hydrogen-bond acceptors (Lipinski definition) is 4. The Balaban J connectivity index is 1.71. The Morgan fingerprint density at radius 1 is 1.45 bits per heavy atom. The van der Waals surface area contributed by atoms with Crippen LogP contribution >= 0.6 is 0 Å². The Morgan fingerprint density at radius 3 is 3.05 bits per heavy atom. The molecule has 3 rings (SSSR count). The Labute approximate surface area is 129 Å². The Kier molecular flexibility index (Phi) is 4.11. The molecule has 0 saturated carbocycles. The monoisotopic (exact) mass is 300 g/mol. The molecule has 6 nitrogen and oxygen atoms in total. The normalized spacial score (nSPS) is 18.1. The molecule has 6 heteroatoms. The summed E-state index contributed by atoms with van der Waals surface area (Å²) in [6.07, 6.45) is 4.01. The molecule has 1 aromatic heterocycles. The van der Waals surface area contributed by atoms with Crippen LogP contribution in [0.2, 0.25) is 0 Å². The molecular weight excluding hydrogens is 280 g/mol. The highest BCUT2D eigenvalue weighted by molar-refractivity contribution is 6.03. The third kappa shape index (κ3) is 3.12. The highest BCUT2D eigenvalue weighted by Crippen LogP contribution is 2.24. The predicted octanol–water partition coefficient (Wildman–Crippen LogP) is 2.07. The minimum Gasteiger partial charge on any atom is -0.506 e. The van der Waals surface area contributed by atoms with Crippen molar-refractivity contribution in [3.05, 3.63) is 41.7 Å². The maximum Gasteiger partial charge on any atom is 0.276 e. The maximum atomic E-state index is 12.2. The molecule has 1 saturated heterocycles. The van der Waals surface area contributed by atoms with Gasteiger partial charge in [0, 0.05) is 12.7 Å². The van der Waals surface area contributed by atoms with Gasteiger partial charge in [-0.05, 0) is 50.1 Å². The van der Waals surface area contributed by atoms with Gasteiger partial charge in [0.2, 0.25) is 0 Å². The average Bonchev–Trinajstić information content (AvgIpc) is 3.01. The number of aryl methyl sites for hydroxylation is 1. The highest BCUT2D eigenvalue weighted by Gasteiger charge is 2.18. The van der Waals surface area contributed by atoms with E-state index in [0.717, 1.165) is 31.5 Å². The van der Waals surface area contributed by atoms with Crippen molar-refractivity contribution in [2.45, 2.75) is 25.8 Å². The van der Waals surface area contributed by atoms with Gasteiger partial charge in [-0.15, -0.1) is 0 Å². The summed E-state index contributed by atoms with van der Waals surface area (Å²) in [5.74, 6) is -0.258. The van der Waals surface area contributed by atoms with Crippen LogP contribution in [-0.4, -0.2) is 33.9 Å². The van der Waals surface area contributed by atoms with E-state index in [1.54, 1.807) is 18.2 Å². The van der Waals surface area contributed by atoms with Crippen LogP contribution in [0, 0.1) is 6.92 Å². The molecule has 2 aromatic rings. The third-order valence-corrected chi connectivity index (χ3v) is 3.89. The van der Waals surface area contributed by atoms with Crippen LogP contribution in [0.1, 0.15) is 34.9 Å². The minimum atomic E-state index is -0.318. The fourth-order valence-corrected chi connectivity index (χ4v) is 2.66. The van der Waals surface area contributed by atoms with Gasteiger partial charge in [0.15, 0.2) is 5.69 Å². The molecule has 1 fully saturated rings. The van der Waals surface area contributed by atoms with Crippen LogP contribution in [0.25, 0.3) is 0 Å². The molecule has 116 valence electrons. The molecule has 1 aromatic carbocycles. The van der Waals surface area contributed by atoms with Gasteiger partial charge >= 0.3 is 0 Å². The van der Waals surface area contributed by atoms with Gasteiger partial charge in [-0.3, -0.25) is 9.48 Å². The first-order valence-corrected chi connectivity index (χ1v) is 7.50. The van der Waals surface area contributed by atoms with E-state index in [1.807, 2.05) is 23.9 Å². The maximum absolute atomic E-state index is 12.2. The lowest BCUT2D eigenvalue weighted by Gasteiger charge is -2.22. The summed E-state index contributed by atoms with van der Waals surface area (Å²) in [7, 11) is 0. The second kappa shape index (κ2) is 6.19. The number of rotatable bonds is 3. The van der Waals surface area contributed by atoms with Crippen LogP contribution in [0.4, 0.5) is 5.69 Å². The SMILES string of the molecule is Cc1ccc(NC(=O)c2ccn(C3CCCNC3)n2)c(O)c1. The standard InChI is InChI=1S/C16H20N4O2/c1-11-4-5-13(15(21)9-11)18-16(22)14-6-8-20(19-14)12-3-2-7-17-10-12/h4-6,8-9,12,17,21H,2-3,7,10H2,1H3,(H,18,22). The van der Waals surface area contributed by atoms with Crippen molar-refractivity contribution < 1.29 is 9.90 Å².